The van der Waals surface area contributed by atoms with Gasteiger partial charge in [0.15, 0.2) is 0 Å². The van der Waals surface area contributed by atoms with Gasteiger partial charge < -0.3 is 10.1 Å². The molecule has 0 bridgehead atoms. The van der Waals surface area contributed by atoms with E-state index in [0.717, 1.165) is 17.9 Å². The van der Waals surface area contributed by atoms with Crippen LogP contribution in [0.2, 0.25) is 0 Å². The van der Waals surface area contributed by atoms with Gasteiger partial charge in [-0.15, -0.1) is 0 Å². The summed E-state index contributed by atoms with van der Waals surface area (Å²) in [5.74, 6) is 0.921. The minimum atomic E-state index is 0.921. The lowest BCUT2D eigenvalue weighted by Crippen LogP contribution is -2.00. The van der Waals surface area contributed by atoms with E-state index in [0.29, 0.717) is 0 Å². The fourth-order valence-corrected chi connectivity index (χ4v) is 1.63. The molecule has 1 aromatic rings. The first kappa shape index (κ1) is 9.90. The fraction of sp³-hybridized carbons (Fsp3) is 0.455. The predicted octanol–water partition coefficient (Wildman–Crippen LogP) is 2.61. The molecule has 1 N–H and O–H groups in total. The molecule has 1 rings (SSSR count). The number of methoxy groups -OCH3 is 1. The van der Waals surface area contributed by atoms with E-state index in [1.165, 1.54) is 11.1 Å². The Hall–Kier alpha value is -1.18. The Morgan fingerprint density at radius 3 is 2.54 bits per heavy atom. The molecule has 0 aliphatic carbocycles. The third kappa shape index (κ3) is 1.77. The highest BCUT2D eigenvalue weighted by atomic mass is 16.5. The fourth-order valence-electron chi connectivity index (χ4n) is 1.63. The average molecular weight is 179 g/mol. The van der Waals surface area contributed by atoms with Crippen molar-refractivity contribution in [1.82, 2.24) is 0 Å². The summed E-state index contributed by atoms with van der Waals surface area (Å²) in [5.41, 5.74) is 3.76. The lowest BCUT2D eigenvalue weighted by molar-refractivity contribution is 0.416. The smallest absolute Gasteiger partial charge is 0.142 e. The van der Waals surface area contributed by atoms with Gasteiger partial charge in [-0.1, -0.05) is 13.0 Å². The first-order valence-electron chi connectivity index (χ1n) is 4.58. The largest absolute Gasteiger partial charge is 0.495 e. The molecular formula is C11H17NO. The SMILES string of the molecule is CCc1c(C)ccc(OC)c1NC. The second-order valence-electron chi connectivity index (χ2n) is 3.04. The van der Waals surface area contributed by atoms with Crippen molar-refractivity contribution in [3.8, 4) is 5.75 Å². The Kier molecular flexibility index (Phi) is 3.18. The third-order valence-corrected chi connectivity index (χ3v) is 2.33. The number of hydrogen-bond acceptors (Lipinski definition) is 2. The van der Waals surface area contributed by atoms with Gasteiger partial charge in [-0.05, 0) is 30.5 Å². The maximum atomic E-state index is 5.27. The van der Waals surface area contributed by atoms with Crippen LogP contribution in [0.5, 0.6) is 5.75 Å². The molecule has 0 amide bonds. The molecule has 1 aromatic carbocycles. The minimum absolute atomic E-state index is 0.921. The molecule has 72 valence electrons. The van der Waals surface area contributed by atoms with Gasteiger partial charge in [0.25, 0.3) is 0 Å². The lowest BCUT2D eigenvalue weighted by atomic mass is 10.0. The molecule has 13 heavy (non-hydrogen) atoms. The summed E-state index contributed by atoms with van der Waals surface area (Å²) in [6.45, 7) is 4.28. The summed E-state index contributed by atoms with van der Waals surface area (Å²) in [6, 6.07) is 4.10. The average Bonchev–Trinajstić information content (AvgIpc) is 2.17. The van der Waals surface area contributed by atoms with Crippen molar-refractivity contribution in [2.45, 2.75) is 20.3 Å². The van der Waals surface area contributed by atoms with Crippen LogP contribution < -0.4 is 10.1 Å². The quantitative estimate of drug-likeness (QED) is 0.770. The minimum Gasteiger partial charge on any atom is -0.495 e. The van der Waals surface area contributed by atoms with Crippen molar-refractivity contribution in [1.29, 1.82) is 0 Å². The molecule has 0 saturated heterocycles. The number of benzene rings is 1. The summed E-state index contributed by atoms with van der Waals surface area (Å²) >= 11 is 0. The van der Waals surface area contributed by atoms with Gasteiger partial charge in [0.1, 0.15) is 5.75 Å². The molecule has 0 unspecified atom stereocenters. The summed E-state index contributed by atoms with van der Waals surface area (Å²) in [5, 5.41) is 3.18. The van der Waals surface area contributed by atoms with Crippen molar-refractivity contribution in [3.63, 3.8) is 0 Å². The van der Waals surface area contributed by atoms with Gasteiger partial charge in [-0.25, -0.2) is 0 Å². The van der Waals surface area contributed by atoms with E-state index in [2.05, 4.69) is 25.2 Å². The summed E-state index contributed by atoms with van der Waals surface area (Å²) in [4.78, 5) is 0. The monoisotopic (exact) mass is 179 g/mol. The van der Waals surface area contributed by atoms with E-state index in [9.17, 15) is 0 Å². The van der Waals surface area contributed by atoms with Crippen molar-refractivity contribution in [3.05, 3.63) is 23.3 Å². The molecule has 0 radical (unpaired) electrons. The van der Waals surface area contributed by atoms with Crippen LogP contribution in [0.4, 0.5) is 5.69 Å². The standard InChI is InChI=1S/C11H17NO/c1-5-9-8(2)6-7-10(13-4)11(9)12-3/h6-7,12H,5H2,1-4H3. The molecule has 0 fully saturated rings. The molecule has 0 saturated carbocycles. The van der Waals surface area contributed by atoms with Crippen molar-refractivity contribution in [2.24, 2.45) is 0 Å². The van der Waals surface area contributed by atoms with Crippen molar-refractivity contribution < 1.29 is 4.74 Å². The van der Waals surface area contributed by atoms with Gasteiger partial charge in [0.05, 0.1) is 12.8 Å². The molecule has 2 heteroatoms. The van der Waals surface area contributed by atoms with Gasteiger partial charge in [-0.3, -0.25) is 0 Å². The van der Waals surface area contributed by atoms with Gasteiger partial charge in [0.2, 0.25) is 0 Å². The normalized spacial score (nSPS) is 9.85. The summed E-state index contributed by atoms with van der Waals surface area (Å²) in [6.07, 6.45) is 1.03. The number of rotatable bonds is 3. The Balaban J connectivity index is 3.27. The van der Waals surface area contributed by atoms with E-state index in [1.54, 1.807) is 7.11 Å². The maximum Gasteiger partial charge on any atom is 0.142 e. The number of ether oxygens (including phenoxy) is 1. The molecule has 0 aliphatic rings. The molecule has 0 aromatic heterocycles. The van der Waals surface area contributed by atoms with Gasteiger partial charge in [-0.2, -0.15) is 0 Å². The lowest BCUT2D eigenvalue weighted by Gasteiger charge is -2.14. The van der Waals surface area contributed by atoms with Crippen LogP contribution in [0, 0.1) is 6.92 Å². The highest BCUT2D eigenvalue weighted by Gasteiger charge is 2.08. The Morgan fingerprint density at radius 1 is 1.38 bits per heavy atom. The maximum absolute atomic E-state index is 5.27. The molecule has 0 aliphatic heterocycles. The van der Waals surface area contributed by atoms with Crippen LogP contribution in [0.1, 0.15) is 18.1 Å². The van der Waals surface area contributed by atoms with Crippen LogP contribution in [0.25, 0.3) is 0 Å². The second kappa shape index (κ2) is 4.17. The van der Waals surface area contributed by atoms with Gasteiger partial charge in [0, 0.05) is 7.05 Å². The summed E-state index contributed by atoms with van der Waals surface area (Å²) < 4.78 is 5.27. The zero-order chi connectivity index (χ0) is 9.84. The zero-order valence-corrected chi connectivity index (χ0v) is 8.77. The van der Waals surface area contributed by atoms with E-state index < -0.39 is 0 Å². The predicted molar refractivity (Wildman–Crippen MR) is 56.7 cm³/mol. The summed E-state index contributed by atoms with van der Waals surface area (Å²) in [7, 11) is 3.63. The Bertz CT molecular complexity index is 294. The highest BCUT2D eigenvalue weighted by Crippen LogP contribution is 2.30. The second-order valence-corrected chi connectivity index (χ2v) is 3.04. The molecular weight excluding hydrogens is 162 g/mol. The first-order valence-corrected chi connectivity index (χ1v) is 4.58. The van der Waals surface area contributed by atoms with Crippen LogP contribution in [-0.2, 0) is 6.42 Å². The molecule has 0 spiro atoms. The molecule has 0 heterocycles. The van der Waals surface area contributed by atoms with Crippen LogP contribution in [-0.4, -0.2) is 14.2 Å². The number of hydrogen-bond donors (Lipinski definition) is 1. The van der Waals surface area contributed by atoms with Crippen LogP contribution in [0.3, 0.4) is 0 Å². The topological polar surface area (TPSA) is 21.3 Å². The molecule has 0 atom stereocenters. The zero-order valence-electron chi connectivity index (χ0n) is 8.77. The number of aryl methyl sites for hydroxylation is 1. The Morgan fingerprint density at radius 2 is 2.08 bits per heavy atom. The van der Waals surface area contributed by atoms with Crippen LogP contribution >= 0.6 is 0 Å². The van der Waals surface area contributed by atoms with E-state index >= 15 is 0 Å². The van der Waals surface area contributed by atoms with Crippen molar-refractivity contribution in [2.75, 3.05) is 19.5 Å². The van der Waals surface area contributed by atoms with E-state index in [4.69, 9.17) is 4.74 Å². The third-order valence-electron chi connectivity index (χ3n) is 2.33. The Labute approximate surface area is 79.9 Å². The molecule has 2 nitrogen and oxygen atoms in total. The van der Waals surface area contributed by atoms with E-state index in [1.807, 2.05) is 13.1 Å². The highest BCUT2D eigenvalue weighted by molar-refractivity contribution is 5.64. The van der Waals surface area contributed by atoms with Crippen molar-refractivity contribution >= 4 is 5.69 Å². The van der Waals surface area contributed by atoms with E-state index in [-0.39, 0.29) is 0 Å². The number of nitrogens with one attached hydrogen (secondary N) is 1. The van der Waals surface area contributed by atoms with Gasteiger partial charge >= 0.3 is 0 Å². The first-order chi connectivity index (χ1) is 6.24. The number of anilines is 1. The van der Waals surface area contributed by atoms with Crippen LogP contribution in [0.15, 0.2) is 12.1 Å².